The predicted octanol–water partition coefficient (Wildman–Crippen LogP) is 3.21. The molecule has 0 saturated carbocycles. The van der Waals surface area contributed by atoms with Crippen LogP contribution in [0.1, 0.15) is 25.8 Å². The maximum atomic E-state index is 6.12. The molecule has 1 unspecified atom stereocenters. The molecule has 1 rings (SSSR count). The number of benzene rings is 1. The van der Waals surface area contributed by atoms with Gasteiger partial charge in [0.05, 0.1) is 10.6 Å². The Balaban J connectivity index is 3.22. The highest BCUT2D eigenvalue weighted by molar-refractivity contribution is 7.80. The van der Waals surface area contributed by atoms with Crippen LogP contribution in [0.5, 0.6) is 0 Å². The third-order valence-corrected chi connectivity index (χ3v) is 3.39. The number of rotatable bonds is 4. The molecule has 0 spiro atoms. The minimum absolute atomic E-state index is 0.343. The zero-order valence-electron chi connectivity index (χ0n) is 9.83. The molecule has 0 fully saturated rings. The van der Waals surface area contributed by atoms with Crippen molar-refractivity contribution < 1.29 is 0 Å². The number of hydrogen-bond donors (Lipinski definition) is 1. The van der Waals surface area contributed by atoms with Gasteiger partial charge >= 0.3 is 0 Å². The summed E-state index contributed by atoms with van der Waals surface area (Å²) in [6, 6.07) is 6.14. The molecule has 1 aromatic rings. The average molecular weight is 257 g/mol. The van der Waals surface area contributed by atoms with E-state index in [1.165, 1.54) is 0 Å². The average Bonchev–Trinajstić information content (AvgIpc) is 2.26. The van der Waals surface area contributed by atoms with Crippen LogP contribution in [0.15, 0.2) is 18.2 Å². The summed E-state index contributed by atoms with van der Waals surface area (Å²) in [4.78, 5) is 2.50. The predicted molar refractivity (Wildman–Crippen MR) is 75.5 cm³/mol. The zero-order valence-corrected chi connectivity index (χ0v) is 11.4. The number of halogens is 1. The van der Waals surface area contributed by atoms with Crippen molar-refractivity contribution in [3.8, 4) is 0 Å². The summed E-state index contributed by atoms with van der Waals surface area (Å²) in [6.07, 6.45) is 1.06. The Morgan fingerprint density at radius 1 is 1.56 bits per heavy atom. The molecule has 0 aliphatic rings. The zero-order chi connectivity index (χ0) is 12.3. The molecule has 0 saturated heterocycles. The molecule has 0 bridgehead atoms. The maximum Gasteiger partial charge on any atom is 0.107 e. The molecule has 0 heterocycles. The van der Waals surface area contributed by atoms with Gasteiger partial charge in [0.25, 0.3) is 0 Å². The van der Waals surface area contributed by atoms with E-state index < -0.39 is 0 Å². The monoisotopic (exact) mass is 256 g/mol. The second-order valence-electron chi connectivity index (χ2n) is 3.87. The van der Waals surface area contributed by atoms with Crippen molar-refractivity contribution in [3.63, 3.8) is 0 Å². The van der Waals surface area contributed by atoms with E-state index in [1.807, 2.05) is 25.2 Å². The van der Waals surface area contributed by atoms with E-state index in [4.69, 9.17) is 29.6 Å². The Bertz CT molecular complexity index is 393. The van der Waals surface area contributed by atoms with Gasteiger partial charge in [-0.05, 0) is 25.5 Å². The standard InChI is InChI=1S/C12H17ClN2S/c1-4-8(2)15(3)10-7-5-6-9(13)11(10)12(14)16/h5-8H,4H2,1-3H3,(H2,14,16). The first-order valence-corrected chi connectivity index (χ1v) is 6.08. The highest BCUT2D eigenvalue weighted by Gasteiger charge is 2.15. The number of nitrogens with zero attached hydrogens (tertiary/aromatic N) is 1. The SMILES string of the molecule is CCC(C)N(C)c1cccc(Cl)c1C(N)=S. The molecule has 16 heavy (non-hydrogen) atoms. The summed E-state index contributed by atoms with van der Waals surface area (Å²) in [5, 5.41) is 0.611. The van der Waals surface area contributed by atoms with Gasteiger partial charge < -0.3 is 10.6 Å². The number of anilines is 1. The van der Waals surface area contributed by atoms with Gasteiger partial charge in [-0.2, -0.15) is 0 Å². The van der Waals surface area contributed by atoms with Crippen molar-refractivity contribution in [1.82, 2.24) is 0 Å². The second kappa shape index (κ2) is 5.51. The van der Waals surface area contributed by atoms with E-state index in [0.29, 0.717) is 16.1 Å². The van der Waals surface area contributed by atoms with Gasteiger partial charge in [-0.15, -0.1) is 0 Å². The van der Waals surface area contributed by atoms with Gasteiger partial charge in [0.2, 0.25) is 0 Å². The third-order valence-electron chi connectivity index (χ3n) is 2.87. The van der Waals surface area contributed by atoms with Gasteiger partial charge in [-0.25, -0.2) is 0 Å². The van der Waals surface area contributed by atoms with E-state index in [0.717, 1.165) is 17.7 Å². The summed E-state index contributed by atoms with van der Waals surface area (Å²) in [6.45, 7) is 4.30. The van der Waals surface area contributed by atoms with Crippen molar-refractivity contribution >= 4 is 34.5 Å². The molecule has 2 nitrogen and oxygen atoms in total. The van der Waals surface area contributed by atoms with E-state index in [2.05, 4.69) is 18.7 Å². The highest BCUT2D eigenvalue weighted by Crippen LogP contribution is 2.28. The van der Waals surface area contributed by atoms with Crippen molar-refractivity contribution in [1.29, 1.82) is 0 Å². The van der Waals surface area contributed by atoms with Crippen molar-refractivity contribution in [2.24, 2.45) is 5.73 Å². The molecule has 0 aliphatic carbocycles. The Morgan fingerprint density at radius 2 is 2.19 bits per heavy atom. The lowest BCUT2D eigenvalue weighted by Gasteiger charge is -2.28. The van der Waals surface area contributed by atoms with Crippen LogP contribution < -0.4 is 10.6 Å². The first-order chi connectivity index (χ1) is 7.49. The van der Waals surface area contributed by atoms with Crippen molar-refractivity contribution in [2.45, 2.75) is 26.3 Å². The van der Waals surface area contributed by atoms with Gasteiger partial charge in [0, 0.05) is 18.8 Å². The van der Waals surface area contributed by atoms with E-state index in [9.17, 15) is 0 Å². The van der Waals surface area contributed by atoms with Crippen LogP contribution in [0.3, 0.4) is 0 Å². The third kappa shape index (κ3) is 2.66. The van der Waals surface area contributed by atoms with Gasteiger partial charge in [0.1, 0.15) is 4.99 Å². The fraction of sp³-hybridized carbons (Fsp3) is 0.417. The lowest BCUT2D eigenvalue weighted by molar-refractivity contribution is 0.663. The molecule has 4 heteroatoms. The number of thiocarbonyl (C=S) groups is 1. The van der Waals surface area contributed by atoms with Crippen LogP contribution in [-0.4, -0.2) is 18.1 Å². The molecule has 88 valence electrons. The normalized spacial score (nSPS) is 12.2. The van der Waals surface area contributed by atoms with Crippen LogP contribution in [0.25, 0.3) is 0 Å². The van der Waals surface area contributed by atoms with Gasteiger partial charge in [-0.3, -0.25) is 0 Å². The van der Waals surface area contributed by atoms with Crippen molar-refractivity contribution in [2.75, 3.05) is 11.9 Å². The lowest BCUT2D eigenvalue weighted by Crippen LogP contribution is -2.30. The van der Waals surface area contributed by atoms with Crippen LogP contribution >= 0.6 is 23.8 Å². The van der Waals surface area contributed by atoms with Crippen LogP contribution in [0.4, 0.5) is 5.69 Å². The van der Waals surface area contributed by atoms with Gasteiger partial charge in [0.15, 0.2) is 0 Å². The fourth-order valence-corrected chi connectivity index (χ4v) is 2.10. The maximum absolute atomic E-state index is 6.12. The second-order valence-corrected chi connectivity index (χ2v) is 4.71. The molecule has 1 atom stereocenters. The molecular formula is C12H17ClN2S. The summed E-state index contributed by atoms with van der Waals surface area (Å²) in [5.41, 5.74) is 7.48. The first-order valence-electron chi connectivity index (χ1n) is 5.30. The van der Waals surface area contributed by atoms with Crippen molar-refractivity contribution in [3.05, 3.63) is 28.8 Å². The van der Waals surface area contributed by atoms with Crippen LogP contribution in [0, 0.1) is 0 Å². The molecular weight excluding hydrogens is 240 g/mol. The molecule has 0 aliphatic heterocycles. The Kier molecular flexibility index (Phi) is 4.56. The Hall–Kier alpha value is -0.800. The Labute approximate surface area is 107 Å². The number of nitrogens with two attached hydrogens (primary N) is 1. The van der Waals surface area contributed by atoms with E-state index >= 15 is 0 Å². The number of hydrogen-bond acceptors (Lipinski definition) is 2. The molecule has 2 N–H and O–H groups in total. The molecule has 0 amide bonds. The summed E-state index contributed by atoms with van der Waals surface area (Å²) < 4.78 is 0. The smallest absolute Gasteiger partial charge is 0.107 e. The summed E-state index contributed by atoms with van der Waals surface area (Å²) in [7, 11) is 2.03. The van der Waals surface area contributed by atoms with Crippen LogP contribution in [0.2, 0.25) is 5.02 Å². The largest absolute Gasteiger partial charge is 0.389 e. The molecule has 1 aromatic carbocycles. The first kappa shape index (κ1) is 13.3. The summed E-state index contributed by atoms with van der Waals surface area (Å²) in [5.74, 6) is 0. The topological polar surface area (TPSA) is 29.3 Å². The van der Waals surface area contributed by atoms with E-state index in [1.54, 1.807) is 0 Å². The fourth-order valence-electron chi connectivity index (χ4n) is 1.56. The lowest BCUT2D eigenvalue weighted by atomic mass is 10.1. The summed E-state index contributed by atoms with van der Waals surface area (Å²) >= 11 is 11.2. The quantitative estimate of drug-likeness (QED) is 0.839. The Morgan fingerprint density at radius 3 is 2.69 bits per heavy atom. The molecule has 0 aromatic heterocycles. The van der Waals surface area contributed by atoms with E-state index in [-0.39, 0.29) is 0 Å². The van der Waals surface area contributed by atoms with Gasteiger partial charge in [-0.1, -0.05) is 36.8 Å². The minimum atomic E-state index is 0.343. The minimum Gasteiger partial charge on any atom is -0.389 e. The highest BCUT2D eigenvalue weighted by atomic mass is 35.5. The molecule has 0 radical (unpaired) electrons. The van der Waals surface area contributed by atoms with Crippen LogP contribution in [-0.2, 0) is 0 Å².